The van der Waals surface area contributed by atoms with Crippen LogP contribution in [0.4, 0.5) is 26.3 Å². The zero-order valence-corrected chi connectivity index (χ0v) is 40.9. The van der Waals surface area contributed by atoms with Crippen LogP contribution >= 0.6 is 0 Å². The maximum atomic E-state index is 13.0. The van der Waals surface area contributed by atoms with Crippen molar-refractivity contribution < 1.29 is 70.4 Å². The van der Waals surface area contributed by atoms with Crippen molar-refractivity contribution in [3.05, 3.63) is 188 Å². The molecular formula is C58H33BF6O10S2. The van der Waals surface area contributed by atoms with Gasteiger partial charge in [-0.15, -0.1) is 0 Å². The average Bonchev–Trinajstić information content (AvgIpc) is 4.39. The summed E-state index contributed by atoms with van der Waals surface area (Å²) < 4.78 is 142. The van der Waals surface area contributed by atoms with Crippen LogP contribution in [0, 0.1) is 0 Å². The quantitative estimate of drug-likeness (QED) is 0.0712. The molecule has 0 saturated heterocycles. The highest BCUT2D eigenvalue weighted by molar-refractivity contribution is 7.88. The third-order valence-electron chi connectivity index (χ3n) is 13.5. The van der Waals surface area contributed by atoms with Gasteiger partial charge in [-0.1, -0.05) is 146 Å². The Bertz CT molecular complexity index is 4590. The molecule has 0 saturated carbocycles. The average molecular weight is 1080 g/mol. The summed E-state index contributed by atoms with van der Waals surface area (Å²) in [6, 6.07) is 56.7. The van der Waals surface area contributed by atoms with Gasteiger partial charge in [-0.05, 0) is 125 Å². The number of furan rings is 2. The van der Waals surface area contributed by atoms with E-state index in [1.165, 1.54) is 57.6 Å². The molecular weight excluding hydrogens is 1050 g/mol. The first kappa shape index (κ1) is 49.3. The summed E-state index contributed by atoms with van der Waals surface area (Å²) in [5.74, 6) is -0.864. The van der Waals surface area contributed by atoms with E-state index < -0.39 is 49.9 Å². The second-order valence-electron chi connectivity index (χ2n) is 17.9. The second kappa shape index (κ2) is 18.0. The van der Waals surface area contributed by atoms with Gasteiger partial charge < -0.3 is 27.2 Å². The monoisotopic (exact) mass is 1080 g/mol. The van der Waals surface area contributed by atoms with Crippen molar-refractivity contribution in [2.45, 2.75) is 11.0 Å². The lowest BCUT2D eigenvalue weighted by Gasteiger charge is -2.11. The summed E-state index contributed by atoms with van der Waals surface area (Å²) in [4.78, 5) is 0. The fraction of sp³-hybridized carbons (Fsp3) is 0.0345. The molecule has 2 aliphatic carbocycles. The molecule has 2 N–H and O–H groups in total. The van der Waals surface area contributed by atoms with Gasteiger partial charge in [0.15, 0.2) is 11.5 Å². The number of halogens is 6. The SMILES string of the molecule is O=S(=O)(Oc1cccc2oc3ccc(-c4ccc5c6c(cccc46)-c4ccccc4-5)cc3c12)C(F)(F)F.O=S(=O)(Oc1cccc2oc3ccccc3c12)C(F)(F)F.OB(O)c1ccc2c3c(cccc13)-c1ccccc1-2. The van der Waals surface area contributed by atoms with Gasteiger partial charge in [0.05, 0.1) is 10.8 Å². The van der Waals surface area contributed by atoms with Crippen LogP contribution in [0.1, 0.15) is 0 Å². The summed E-state index contributed by atoms with van der Waals surface area (Å²) in [5, 5.41) is 24.5. The number of hydrogen-bond acceptors (Lipinski definition) is 10. The maximum absolute atomic E-state index is 13.0. The van der Waals surface area contributed by atoms with Crippen molar-refractivity contribution in [1.29, 1.82) is 0 Å². The Morgan fingerprint density at radius 2 is 0.753 bits per heavy atom. The zero-order chi connectivity index (χ0) is 53.8. The van der Waals surface area contributed by atoms with E-state index in [4.69, 9.17) is 8.83 Å². The van der Waals surface area contributed by atoms with Crippen LogP contribution in [0.25, 0.3) is 121 Å². The third kappa shape index (κ3) is 8.20. The molecule has 10 aromatic carbocycles. The van der Waals surface area contributed by atoms with Crippen LogP contribution in [0.2, 0.25) is 0 Å². The fourth-order valence-electron chi connectivity index (χ4n) is 10.3. The molecule has 382 valence electrons. The molecule has 0 spiro atoms. The molecule has 0 fully saturated rings. The largest absolute Gasteiger partial charge is 0.534 e. The van der Waals surface area contributed by atoms with E-state index in [0.717, 1.165) is 49.9 Å². The Kier molecular flexibility index (Phi) is 11.5. The smallest absolute Gasteiger partial charge is 0.456 e. The first-order valence-corrected chi connectivity index (χ1v) is 26.2. The minimum atomic E-state index is -5.85. The molecule has 2 heterocycles. The van der Waals surface area contributed by atoms with Gasteiger partial charge in [0, 0.05) is 10.8 Å². The molecule has 0 atom stereocenters. The standard InChI is InChI=1S/C29H15F3O4S.C16H11BO2.C13H7F3O4S/c30-29(31,32)37(33,34)36-26-10-4-9-25-28(26)23-15-16(11-14-24(23)35-25)17-12-13-22-19-6-2-1-5-18(19)21-8-3-7-20(17)27(21)22;18-17(19)15-9-8-13-11-5-2-1-4-10(11)12-6-3-7-14(15)16(12)13;14-13(15,16)21(17,18)20-11-7-3-6-10-12(11)8-4-1-2-5-9(8)19-10/h1-15H;1-9,18-19H;1-7H. The fourth-order valence-corrected chi connectivity index (χ4v) is 11.2. The molecule has 0 radical (unpaired) electrons. The Balaban J connectivity index is 0.000000126. The molecule has 12 aromatic rings. The topological polar surface area (TPSA) is 153 Å². The lowest BCUT2D eigenvalue weighted by atomic mass is 9.76. The lowest BCUT2D eigenvalue weighted by molar-refractivity contribution is -0.0504. The maximum Gasteiger partial charge on any atom is 0.534 e. The van der Waals surface area contributed by atoms with E-state index >= 15 is 0 Å². The molecule has 2 aliphatic rings. The Morgan fingerprint density at radius 3 is 1.29 bits per heavy atom. The van der Waals surface area contributed by atoms with Crippen molar-refractivity contribution in [1.82, 2.24) is 0 Å². The van der Waals surface area contributed by atoms with Gasteiger partial charge in [0.2, 0.25) is 0 Å². The van der Waals surface area contributed by atoms with E-state index in [9.17, 15) is 53.2 Å². The molecule has 0 bridgehead atoms. The van der Waals surface area contributed by atoms with Crippen LogP contribution in [0.3, 0.4) is 0 Å². The van der Waals surface area contributed by atoms with E-state index in [-0.39, 0.29) is 21.9 Å². The van der Waals surface area contributed by atoms with Crippen molar-refractivity contribution in [2.75, 3.05) is 0 Å². The van der Waals surface area contributed by atoms with E-state index in [1.54, 1.807) is 48.5 Å². The minimum Gasteiger partial charge on any atom is -0.456 e. The van der Waals surface area contributed by atoms with E-state index in [1.807, 2.05) is 66.7 Å². The molecule has 0 unspecified atom stereocenters. The summed E-state index contributed by atoms with van der Waals surface area (Å²) in [5.41, 5.74) is 1.96. The van der Waals surface area contributed by atoms with Gasteiger partial charge in [-0.3, -0.25) is 0 Å². The van der Waals surface area contributed by atoms with Crippen LogP contribution in [-0.4, -0.2) is 45.0 Å². The highest BCUT2D eigenvalue weighted by atomic mass is 32.2. The van der Waals surface area contributed by atoms with Crippen molar-refractivity contribution >= 4 is 98.2 Å². The number of alkyl halides is 6. The normalized spacial score (nSPS) is 12.6. The number of rotatable bonds is 6. The van der Waals surface area contributed by atoms with Gasteiger partial charge in [0.25, 0.3) is 0 Å². The Labute approximate surface area is 432 Å². The molecule has 14 rings (SSSR count). The number of para-hydroxylation sites is 1. The van der Waals surface area contributed by atoms with Crippen LogP contribution in [0.15, 0.2) is 197 Å². The van der Waals surface area contributed by atoms with Crippen LogP contribution in [-0.2, 0) is 20.2 Å². The van der Waals surface area contributed by atoms with Gasteiger partial charge in [-0.25, -0.2) is 0 Å². The first-order chi connectivity index (χ1) is 36.8. The van der Waals surface area contributed by atoms with E-state index in [2.05, 4.69) is 50.8 Å². The van der Waals surface area contributed by atoms with Crippen LogP contribution in [0.5, 0.6) is 11.5 Å². The van der Waals surface area contributed by atoms with Crippen molar-refractivity contribution in [3.63, 3.8) is 0 Å². The molecule has 0 aliphatic heterocycles. The Morgan fingerprint density at radius 1 is 0.364 bits per heavy atom. The van der Waals surface area contributed by atoms with Crippen LogP contribution < -0.4 is 13.8 Å². The highest BCUT2D eigenvalue weighted by Gasteiger charge is 2.50. The lowest BCUT2D eigenvalue weighted by Crippen LogP contribution is -2.30. The van der Waals surface area contributed by atoms with Crippen molar-refractivity contribution in [3.8, 4) is 67.1 Å². The zero-order valence-electron chi connectivity index (χ0n) is 39.2. The number of benzene rings is 10. The number of fused-ring (bicyclic) bond motifs is 12. The predicted octanol–water partition coefficient (Wildman–Crippen LogP) is 14.3. The Hall–Kier alpha value is -8.62. The molecule has 0 amide bonds. The molecule has 2 aromatic heterocycles. The number of hydrogen-bond donors (Lipinski definition) is 2. The highest BCUT2D eigenvalue weighted by Crippen LogP contribution is 2.50. The predicted molar refractivity (Wildman–Crippen MR) is 284 cm³/mol. The van der Waals surface area contributed by atoms with Crippen molar-refractivity contribution in [2.24, 2.45) is 0 Å². The van der Waals surface area contributed by atoms with E-state index in [0.29, 0.717) is 27.4 Å². The first-order valence-electron chi connectivity index (χ1n) is 23.3. The van der Waals surface area contributed by atoms with Gasteiger partial charge in [-0.2, -0.15) is 43.2 Å². The van der Waals surface area contributed by atoms with Gasteiger partial charge >= 0.3 is 38.4 Å². The summed E-state index contributed by atoms with van der Waals surface area (Å²) in [6.07, 6.45) is 0. The van der Waals surface area contributed by atoms with Gasteiger partial charge in [0.1, 0.15) is 22.3 Å². The minimum absolute atomic E-state index is 0.158. The summed E-state index contributed by atoms with van der Waals surface area (Å²) >= 11 is 0. The molecule has 19 heteroatoms. The summed E-state index contributed by atoms with van der Waals surface area (Å²) in [6.45, 7) is 0. The second-order valence-corrected chi connectivity index (χ2v) is 21.0. The summed E-state index contributed by atoms with van der Waals surface area (Å²) in [7, 11) is -13.0. The molecule has 10 nitrogen and oxygen atoms in total. The molecule has 77 heavy (non-hydrogen) atoms. The third-order valence-corrected chi connectivity index (χ3v) is 15.4.